The van der Waals surface area contributed by atoms with E-state index in [9.17, 15) is 14.4 Å². The molecule has 0 radical (unpaired) electrons. The molecule has 0 aliphatic carbocycles. The quantitative estimate of drug-likeness (QED) is 0.734. The van der Waals surface area contributed by atoms with Gasteiger partial charge in [0, 0.05) is 19.0 Å². The zero-order valence-electron chi connectivity index (χ0n) is 16.7. The Hall–Kier alpha value is -2.37. The molecule has 2 atom stereocenters. The molecule has 0 aromatic heterocycles. The molecule has 6 heteroatoms. The molecule has 2 rings (SSSR count). The maximum atomic E-state index is 13.1. The summed E-state index contributed by atoms with van der Waals surface area (Å²) in [7, 11) is 0. The highest BCUT2D eigenvalue weighted by molar-refractivity contribution is 5.93. The normalized spacial score (nSPS) is 16.8. The Bertz CT molecular complexity index is 658. The number of carbonyl (C=O) groups is 3. The van der Waals surface area contributed by atoms with Gasteiger partial charge in [-0.05, 0) is 24.3 Å². The van der Waals surface area contributed by atoms with Gasteiger partial charge in [-0.15, -0.1) is 0 Å². The lowest BCUT2D eigenvalue weighted by atomic mass is 9.94. The van der Waals surface area contributed by atoms with Crippen molar-refractivity contribution in [3.63, 3.8) is 0 Å². The van der Waals surface area contributed by atoms with Gasteiger partial charge in [-0.1, -0.05) is 58.0 Å². The molecule has 2 N–H and O–H groups in total. The van der Waals surface area contributed by atoms with E-state index < -0.39 is 12.1 Å². The fraction of sp³-hybridized carbons (Fsp3) is 0.571. The molecule has 0 saturated carbocycles. The summed E-state index contributed by atoms with van der Waals surface area (Å²) in [5, 5.41) is 5.73. The average Bonchev–Trinajstić information content (AvgIpc) is 2.63. The number of hydrogen-bond acceptors (Lipinski definition) is 3. The van der Waals surface area contributed by atoms with Crippen molar-refractivity contribution in [2.24, 2.45) is 11.8 Å². The minimum absolute atomic E-state index is 0.00203. The van der Waals surface area contributed by atoms with E-state index in [0.29, 0.717) is 19.5 Å². The van der Waals surface area contributed by atoms with E-state index in [-0.39, 0.29) is 29.6 Å². The van der Waals surface area contributed by atoms with Crippen LogP contribution in [0, 0.1) is 11.8 Å². The molecule has 27 heavy (non-hydrogen) atoms. The highest BCUT2D eigenvalue weighted by atomic mass is 16.2. The van der Waals surface area contributed by atoms with Crippen molar-refractivity contribution in [1.82, 2.24) is 15.5 Å². The Morgan fingerprint density at radius 1 is 1.15 bits per heavy atom. The Kier molecular flexibility index (Phi) is 7.39. The predicted molar refractivity (Wildman–Crippen MR) is 105 cm³/mol. The molecule has 148 valence electrons. The molecule has 1 saturated heterocycles. The van der Waals surface area contributed by atoms with Gasteiger partial charge in [0.05, 0.1) is 6.04 Å². The van der Waals surface area contributed by atoms with Crippen LogP contribution in [0.15, 0.2) is 30.3 Å². The third kappa shape index (κ3) is 5.55. The monoisotopic (exact) mass is 373 g/mol. The third-order valence-electron chi connectivity index (χ3n) is 4.86. The molecular formula is C21H31N3O3. The summed E-state index contributed by atoms with van der Waals surface area (Å²) in [6, 6.07) is 8.25. The lowest BCUT2D eigenvalue weighted by molar-refractivity contribution is -0.132. The van der Waals surface area contributed by atoms with Crippen LogP contribution >= 0.6 is 0 Å². The fourth-order valence-corrected chi connectivity index (χ4v) is 3.45. The summed E-state index contributed by atoms with van der Waals surface area (Å²) < 4.78 is 0. The third-order valence-corrected chi connectivity index (χ3v) is 4.86. The number of benzene rings is 1. The second-order valence-electron chi connectivity index (χ2n) is 7.78. The van der Waals surface area contributed by atoms with Crippen LogP contribution in [-0.4, -0.2) is 47.8 Å². The van der Waals surface area contributed by atoms with Gasteiger partial charge in [-0.25, -0.2) is 4.79 Å². The zero-order valence-corrected chi connectivity index (χ0v) is 16.7. The number of urea groups is 1. The summed E-state index contributed by atoms with van der Waals surface area (Å²) >= 11 is 0. The van der Waals surface area contributed by atoms with Crippen molar-refractivity contribution in [1.29, 1.82) is 0 Å². The molecule has 1 fully saturated rings. The van der Waals surface area contributed by atoms with Gasteiger partial charge in [0.1, 0.15) is 6.04 Å². The lowest BCUT2D eigenvalue weighted by Gasteiger charge is -2.36. The second kappa shape index (κ2) is 9.53. The van der Waals surface area contributed by atoms with Crippen LogP contribution < -0.4 is 10.6 Å². The van der Waals surface area contributed by atoms with Gasteiger partial charge in [-0.3, -0.25) is 9.59 Å². The molecule has 6 nitrogen and oxygen atoms in total. The Labute approximate surface area is 161 Å². The smallest absolute Gasteiger partial charge is 0.318 e. The number of ketones is 1. The molecule has 0 bridgehead atoms. The second-order valence-corrected chi connectivity index (χ2v) is 7.78. The lowest BCUT2D eigenvalue weighted by Crippen LogP contribution is -2.60. The number of amides is 3. The molecule has 1 aromatic carbocycles. The molecule has 1 aliphatic heterocycles. The van der Waals surface area contributed by atoms with Crippen LogP contribution in [0.2, 0.25) is 0 Å². The van der Waals surface area contributed by atoms with Crippen LogP contribution in [0.4, 0.5) is 4.79 Å². The van der Waals surface area contributed by atoms with Crippen molar-refractivity contribution >= 4 is 17.7 Å². The van der Waals surface area contributed by atoms with Crippen molar-refractivity contribution in [3.05, 3.63) is 35.9 Å². The van der Waals surface area contributed by atoms with E-state index in [1.165, 1.54) is 0 Å². The first-order chi connectivity index (χ1) is 12.8. The first kappa shape index (κ1) is 20.9. The van der Waals surface area contributed by atoms with Crippen molar-refractivity contribution in [3.8, 4) is 0 Å². The SMILES string of the molecule is CC(C)C(=O)[C@H](Cc1ccccc1)NC(=O)[C@H](C(C)C)N1CCCNC1=O. The number of nitrogens with one attached hydrogen (secondary N) is 2. The minimum atomic E-state index is -0.603. The standard InChI is InChI=1S/C21H31N3O3/c1-14(2)18(24-12-8-11-22-21(24)27)20(26)23-17(19(25)15(3)4)13-16-9-6-5-7-10-16/h5-7,9-10,14-15,17-18H,8,11-13H2,1-4H3,(H,22,27)(H,23,26)/t17-,18-/m0/s1. The van der Waals surface area contributed by atoms with Gasteiger partial charge >= 0.3 is 6.03 Å². The number of hydrogen-bond donors (Lipinski definition) is 2. The molecule has 1 heterocycles. The van der Waals surface area contributed by atoms with Crippen molar-refractivity contribution in [2.75, 3.05) is 13.1 Å². The summed E-state index contributed by atoms with van der Waals surface area (Å²) in [5.41, 5.74) is 0.994. The van der Waals surface area contributed by atoms with Crippen LogP contribution in [0.25, 0.3) is 0 Å². The fourth-order valence-electron chi connectivity index (χ4n) is 3.45. The number of rotatable bonds is 8. The van der Waals surface area contributed by atoms with E-state index >= 15 is 0 Å². The molecule has 1 aliphatic rings. The number of nitrogens with zero attached hydrogens (tertiary/aromatic N) is 1. The first-order valence-corrected chi connectivity index (χ1v) is 9.73. The molecule has 0 unspecified atom stereocenters. The van der Waals surface area contributed by atoms with E-state index in [0.717, 1.165) is 12.0 Å². The highest BCUT2D eigenvalue weighted by Crippen LogP contribution is 2.16. The Morgan fingerprint density at radius 3 is 2.37 bits per heavy atom. The maximum absolute atomic E-state index is 13.1. The Balaban J connectivity index is 2.18. The van der Waals surface area contributed by atoms with E-state index in [1.54, 1.807) is 4.90 Å². The topological polar surface area (TPSA) is 78.5 Å². The Morgan fingerprint density at radius 2 is 1.81 bits per heavy atom. The van der Waals surface area contributed by atoms with Crippen molar-refractivity contribution in [2.45, 2.75) is 52.6 Å². The molecule has 0 spiro atoms. The first-order valence-electron chi connectivity index (χ1n) is 9.73. The van der Waals surface area contributed by atoms with Crippen LogP contribution in [0.3, 0.4) is 0 Å². The van der Waals surface area contributed by atoms with E-state index in [1.807, 2.05) is 58.0 Å². The van der Waals surface area contributed by atoms with Gasteiger partial charge in [0.2, 0.25) is 5.91 Å². The highest BCUT2D eigenvalue weighted by Gasteiger charge is 2.35. The van der Waals surface area contributed by atoms with E-state index in [2.05, 4.69) is 10.6 Å². The summed E-state index contributed by atoms with van der Waals surface area (Å²) in [5.74, 6) is -0.509. The number of Topliss-reactive ketones (excluding diaryl/α,β-unsaturated/α-hetero) is 1. The van der Waals surface area contributed by atoms with Crippen molar-refractivity contribution < 1.29 is 14.4 Å². The molecule has 3 amide bonds. The average molecular weight is 373 g/mol. The minimum Gasteiger partial charge on any atom is -0.344 e. The van der Waals surface area contributed by atoms with Gasteiger partial charge in [-0.2, -0.15) is 0 Å². The van der Waals surface area contributed by atoms with Gasteiger partial charge in [0.15, 0.2) is 5.78 Å². The summed E-state index contributed by atoms with van der Waals surface area (Å²) in [6.07, 6.45) is 1.25. The van der Waals surface area contributed by atoms with Gasteiger partial charge in [0.25, 0.3) is 0 Å². The summed E-state index contributed by atoms with van der Waals surface area (Å²) in [6.45, 7) is 8.69. The summed E-state index contributed by atoms with van der Waals surface area (Å²) in [4.78, 5) is 39.6. The van der Waals surface area contributed by atoms with E-state index in [4.69, 9.17) is 0 Å². The zero-order chi connectivity index (χ0) is 20.0. The molecular weight excluding hydrogens is 342 g/mol. The van der Waals surface area contributed by atoms with Crippen LogP contribution in [0.5, 0.6) is 0 Å². The maximum Gasteiger partial charge on any atom is 0.318 e. The predicted octanol–water partition coefficient (Wildman–Crippen LogP) is 2.38. The van der Waals surface area contributed by atoms with Crippen LogP contribution in [-0.2, 0) is 16.0 Å². The van der Waals surface area contributed by atoms with Gasteiger partial charge < -0.3 is 15.5 Å². The van der Waals surface area contributed by atoms with Crippen LogP contribution in [0.1, 0.15) is 39.7 Å². The molecule has 1 aromatic rings. The number of carbonyl (C=O) groups excluding carboxylic acids is 3. The largest absolute Gasteiger partial charge is 0.344 e.